The van der Waals surface area contributed by atoms with Gasteiger partial charge in [0.05, 0.1) is 6.54 Å². The van der Waals surface area contributed by atoms with Crippen molar-refractivity contribution in [1.29, 1.82) is 0 Å². The lowest BCUT2D eigenvalue weighted by Gasteiger charge is -2.07. The average Bonchev–Trinajstić information content (AvgIpc) is 2.53. The second kappa shape index (κ2) is 8.20. The molecule has 0 unspecified atom stereocenters. The lowest BCUT2D eigenvalue weighted by Crippen LogP contribution is -2.37. The number of halogens is 1. The van der Waals surface area contributed by atoms with Gasteiger partial charge < -0.3 is 10.6 Å². The molecule has 5 heteroatoms. The molecule has 2 aromatic rings. The van der Waals surface area contributed by atoms with Crippen LogP contribution in [0.5, 0.6) is 0 Å². The van der Waals surface area contributed by atoms with Crippen LogP contribution in [-0.2, 0) is 11.2 Å². The number of benzene rings is 2. The Bertz CT molecular complexity index is 644. The quantitative estimate of drug-likeness (QED) is 0.860. The third-order valence-corrected chi connectivity index (χ3v) is 3.31. The molecule has 0 aliphatic carbocycles. The zero-order chi connectivity index (χ0) is 15.8. The molecule has 0 saturated heterocycles. The first-order valence-electron chi connectivity index (χ1n) is 6.99. The molecule has 0 atom stereocenters. The molecular formula is C17H17ClN2O2. The van der Waals surface area contributed by atoms with Crippen molar-refractivity contribution in [2.45, 2.75) is 6.42 Å². The zero-order valence-corrected chi connectivity index (χ0v) is 12.8. The molecule has 2 rings (SSSR count). The van der Waals surface area contributed by atoms with Gasteiger partial charge in [0, 0.05) is 17.1 Å². The van der Waals surface area contributed by atoms with Gasteiger partial charge in [-0.1, -0.05) is 48.0 Å². The summed E-state index contributed by atoms with van der Waals surface area (Å²) < 4.78 is 0. The molecule has 0 heterocycles. The Balaban J connectivity index is 1.70. The topological polar surface area (TPSA) is 58.2 Å². The van der Waals surface area contributed by atoms with Crippen LogP contribution in [0.15, 0.2) is 54.6 Å². The maximum atomic E-state index is 11.8. The molecule has 2 N–H and O–H groups in total. The summed E-state index contributed by atoms with van der Waals surface area (Å²) in [6.45, 7) is 0.482. The summed E-state index contributed by atoms with van der Waals surface area (Å²) in [5.74, 6) is -0.535. The van der Waals surface area contributed by atoms with E-state index in [-0.39, 0.29) is 18.4 Å². The number of amides is 2. The molecule has 0 aliphatic heterocycles. The van der Waals surface area contributed by atoms with Gasteiger partial charge in [0.15, 0.2) is 0 Å². The molecule has 0 radical (unpaired) electrons. The smallest absolute Gasteiger partial charge is 0.251 e. The number of carbonyl (C=O) groups is 2. The van der Waals surface area contributed by atoms with Crippen molar-refractivity contribution in [3.63, 3.8) is 0 Å². The summed E-state index contributed by atoms with van der Waals surface area (Å²) >= 11 is 5.82. The summed E-state index contributed by atoms with van der Waals surface area (Å²) in [4.78, 5) is 23.5. The Morgan fingerprint density at radius 1 is 0.955 bits per heavy atom. The van der Waals surface area contributed by atoms with E-state index in [1.165, 1.54) is 0 Å². The van der Waals surface area contributed by atoms with E-state index >= 15 is 0 Å². The first kappa shape index (κ1) is 16.0. The van der Waals surface area contributed by atoms with Crippen LogP contribution in [0.2, 0.25) is 5.02 Å². The number of hydrogen-bond donors (Lipinski definition) is 2. The number of nitrogens with one attached hydrogen (secondary N) is 2. The molecule has 2 amide bonds. The normalized spacial score (nSPS) is 10.0. The minimum absolute atomic E-state index is 0.0554. The third-order valence-electron chi connectivity index (χ3n) is 3.07. The van der Waals surface area contributed by atoms with E-state index in [4.69, 9.17) is 11.6 Å². The van der Waals surface area contributed by atoms with Gasteiger partial charge >= 0.3 is 0 Å². The highest BCUT2D eigenvalue weighted by atomic mass is 35.5. The van der Waals surface area contributed by atoms with Gasteiger partial charge in [-0.25, -0.2) is 0 Å². The van der Waals surface area contributed by atoms with Crippen LogP contribution in [0, 0.1) is 0 Å². The van der Waals surface area contributed by atoms with E-state index in [0.29, 0.717) is 17.1 Å². The number of carbonyl (C=O) groups excluding carboxylic acids is 2. The fourth-order valence-corrected chi connectivity index (χ4v) is 2.14. The fraction of sp³-hybridized carbons (Fsp3) is 0.176. The van der Waals surface area contributed by atoms with Crippen LogP contribution in [0.3, 0.4) is 0 Å². The maximum Gasteiger partial charge on any atom is 0.251 e. The van der Waals surface area contributed by atoms with Crippen molar-refractivity contribution < 1.29 is 9.59 Å². The molecule has 0 saturated carbocycles. The fourth-order valence-electron chi connectivity index (χ4n) is 1.95. The van der Waals surface area contributed by atoms with Gasteiger partial charge in [-0.15, -0.1) is 0 Å². The standard InChI is InChI=1S/C17H17ClN2O2/c18-15-8-4-7-14(11-15)17(22)20-12-16(21)19-10-9-13-5-2-1-3-6-13/h1-8,11H,9-10,12H2,(H,19,21)(H,20,22). The lowest BCUT2D eigenvalue weighted by atomic mass is 10.1. The van der Waals surface area contributed by atoms with Gasteiger partial charge in [0.2, 0.25) is 5.91 Å². The largest absolute Gasteiger partial charge is 0.354 e. The molecule has 0 bridgehead atoms. The second-order valence-corrected chi connectivity index (χ2v) is 5.22. The Kier molecular flexibility index (Phi) is 5.98. The predicted octanol–water partition coefficient (Wildman–Crippen LogP) is 2.43. The Labute approximate surface area is 134 Å². The van der Waals surface area contributed by atoms with Gasteiger partial charge in [-0.2, -0.15) is 0 Å². The summed E-state index contributed by atoms with van der Waals surface area (Å²) in [6, 6.07) is 16.5. The molecule has 0 aliphatic rings. The van der Waals surface area contributed by atoms with Crippen molar-refractivity contribution in [3.8, 4) is 0 Å². The first-order valence-corrected chi connectivity index (χ1v) is 7.37. The minimum atomic E-state index is -0.319. The number of hydrogen-bond acceptors (Lipinski definition) is 2. The van der Waals surface area contributed by atoms with Crippen molar-refractivity contribution >= 4 is 23.4 Å². The van der Waals surface area contributed by atoms with Crippen LogP contribution < -0.4 is 10.6 Å². The van der Waals surface area contributed by atoms with Crippen molar-refractivity contribution in [3.05, 3.63) is 70.7 Å². The second-order valence-electron chi connectivity index (χ2n) is 4.78. The monoisotopic (exact) mass is 316 g/mol. The van der Waals surface area contributed by atoms with E-state index in [9.17, 15) is 9.59 Å². The molecular weight excluding hydrogens is 300 g/mol. The molecule has 2 aromatic carbocycles. The van der Waals surface area contributed by atoms with Gasteiger partial charge in [-0.3, -0.25) is 9.59 Å². The van der Waals surface area contributed by atoms with Crippen LogP contribution >= 0.6 is 11.6 Å². The molecule has 0 fully saturated rings. The molecule has 4 nitrogen and oxygen atoms in total. The van der Waals surface area contributed by atoms with Crippen LogP contribution in [0.25, 0.3) is 0 Å². The summed E-state index contributed by atoms with van der Waals surface area (Å²) in [5, 5.41) is 5.82. The van der Waals surface area contributed by atoms with Gasteiger partial charge in [0.1, 0.15) is 0 Å². The Morgan fingerprint density at radius 2 is 1.73 bits per heavy atom. The highest BCUT2D eigenvalue weighted by Gasteiger charge is 2.08. The summed E-state index contributed by atoms with van der Waals surface area (Å²) in [7, 11) is 0. The van der Waals surface area contributed by atoms with E-state index in [2.05, 4.69) is 10.6 Å². The Hall–Kier alpha value is -2.33. The van der Waals surface area contributed by atoms with E-state index in [0.717, 1.165) is 12.0 Å². The molecule has 0 aromatic heterocycles. The highest BCUT2D eigenvalue weighted by molar-refractivity contribution is 6.30. The molecule has 0 spiro atoms. The van der Waals surface area contributed by atoms with Crippen molar-refractivity contribution in [1.82, 2.24) is 10.6 Å². The Morgan fingerprint density at radius 3 is 2.45 bits per heavy atom. The molecule has 114 valence electrons. The van der Waals surface area contributed by atoms with Gasteiger partial charge in [-0.05, 0) is 30.2 Å². The SMILES string of the molecule is O=C(CNC(=O)c1cccc(Cl)c1)NCCc1ccccc1. The molecule has 22 heavy (non-hydrogen) atoms. The maximum absolute atomic E-state index is 11.8. The van der Waals surface area contributed by atoms with E-state index in [1.54, 1.807) is 24.3 Å². The van der Waals surface area contributed by atoms with Crippen molar-refractivity contribution in [2.75, 3.05) is 13.1 Å². The number of rotatable bonds is 6. The lowest BCUT2D eigenvalue weighted by molar-refractivity contribution is -0.120. The van der Waals surface area contributed by atoms with Crippen LogP contribution in [0.1, 0.15) is 15.9 Å². The predicted molar refractivity (Wildman–Crippen MR) is 86.9 cm³/mol. The minimum Gasteiger partial charge on any atom is -0.354 e. The zero-order valence-electron chi connectivity index (χ0n) is 12.0. The average molecular weight is 317 g/mol. The van der Waals surface area contributed by atoms with Crippen LogP contribution in [-0.4, -0.2) is 24.9 Å². The summed E-state index contributed by atoms with van der Waals surface area (Å²) in [6.07, 6.45) is 0.759. The van der Waals surface area contributed by atoms with Gasteiger partial charge in [0.25, 0.3) is 5.91 Å². The van der Waals surface area contributed by atoms with Crippen molar-refractivity contribution in [2.24, 2.45) is 0 Å². The first-order chi connectivity index (χ1) is 10.6. The summed E-state index contributed by atoms with van der Waals surface area (Å²) in [5.41, 5.74) is 1.59. The van der Waals surface area contributed by atoms with E-state index < -0.39 is 0 Å². The van der Waals surface area contributed by atoms with Crippen LogP contribution in [0.4, 0.5) is 0 Å². The third kappa shape index (κ3) is 5.22. The highest BCUT2D eigenvalue weighted by Crippen LogP contribution is 2.10. The van der Waals surface area contributed by atoms with E-state index in [1.807, 2.05) is 30.3 Å².